The lowest BCUT2D eigenvalue weighted by Crippen LogP contribution is -2.37. The van der Waals surface area contributed by atoms with Gasteiger partial charge < -0.3 is 20.1 Å². The number of carbonyl (C=O) groups excluding carboxylic acids is 1. The number of ether oxygens (including phenoxy) is 2. The van der Waals surface area contributed by atoms with Gasteiger partial charge in [0.1, 0.15) is 5.56 Å². The zero-order valence-corrected chi connectivity index (χ0v) is 13.3. The highest BCUT2D eigenvalue weighted by molar-refractivity contribution is 5.99. The predicted octanol–water partition coefficient (Wildman–Crippen LogP) is 1.48. The SMILES string of the molecule is CCOc1cc([N+](=O)[O-])c(C(=O)NCC2CCCN2)cc1OC. The molecule has 2 rings (SSSR count). The maximum atomic E-state index is 12.3. The summed E-state index contributed by atoms with van der Waals surface area (Å²) in [6.07, 6.45) is 2.05. The maximum absolute atomic E-state index is 12.3. The summed E-state index contributed by atoms with van der Waals surface area (Å²) in [5.41, 5.74) is -0.334. The van der Waals surface area contributed by atoms with Crippen molar-refractivity contribution < 1.29 is 19.2 Å². The van der Waals surface area contributed by atoms with E-state index in [1.54, 1.807) is 6.92 Å². The van der Waals surface area contributed by atoms with Crippen LogP contribution in [0.3, 0.4) is 0 Å². The molecule has 1 aliphatic rings. The van der Waals surface area contributed by atoms with Crippen LogP contribution in [-0.2, 0) is 0 Å². The van der Waals surface area contributed by atoms with E-state index in [2.05, 4.69) is 10.6 Å². The number of carbonyl (C=O) groups is 1. The van der Waals surface area contributed by atoms with E-state index in [1.807, 2.05) is 0 Å². The van der Waals surface area contributed by atoms with E-state index in [-0.39, 0.29) is 23.0 Å². The van der Waals surface area contributed by atoms with Crippen molar-refractivity contribution in [3.05, 3.63) is 27.8 Å². The molecule has 1 aliphatic heterocycles. The summed E-state index contributed by atoms with van der Waals surface area (Å²) in [4.78, 5) is 23.0. The monoisotopic (exact) mass is 323 g/mol. The maximum Gasteiger partial charge on any atom is 0.286 e. The highest BCUT2D eigenvalue weighted by Gasteiger charge is 2.25. The van der Waals surface area contributed by atoms with E-state index >= 15 is 0 Å². The molecular weight excluding hydrogens is 302 g/mol. The number of benzene rings is 1. The number of rotatable bonds is 7. The Kier molecular flexibility index (Phi) is 5.75. The van der Waals surface area contributed by atoms with E-state index in [0.717, 1.165) is 19.4 Å². The molecule has 1 fully saturated rings. The molecule has 1 amide bonds. The van der Waals surface area contributed by atoms with Gasteiger partial charge in [-0.1, -0.05) is 0 Å². The number of hydrogen-bond donors (Lipinski definition) is 2. The van der Waals surface area contributed by atoms with Gasteiger partial charge in [0.05, 0.1) is 24.7 Å². The molecule has 1 heterocycles. The Balaban J connectivity index is 2.23. The zero-order chi connectivity index (χ0) is 16.8. The van der Waals surface area contributed by atoms with Gasteiger partial charge in [-0.3, -0.25) is 14.9 Å². The summed E-state index contributed by atoms with van der Waals surface area (Å²) in [7, 11) is 1.42. The third-order valence-electron chi connectivity index (χ3n) is 3.69. The van der Waals surface area contributed by atoms with Crippen molar-refractivity contribution in [1.29, 1.82) is 0 Å². The first kappa shape index (κ1) is 17.0. The molecule has 8 heteroatoms. The average Bonchev–Trinajstić information content (AvgIpc) is 3.05. The minimum absolute atomic E-state index is 0.0340. The molecule has 126 valence electrons. The van der Waals surface area contributed by atoms with E-state index in [0.29, 0.717) is 18.9 Å². The molecule has 0 bridgehead atoms. The molecule has 0 saturated carbocycles. The quantitative estimate of drug-likeness (QED) is 0.582. The topological polar surface area (TPSA) is 103 Å². The molecule has 0 spiro atoms. The number of nitro groups is 1. The normalized spacial score (nSPS) is 16.9. The fraction of sp³-hybridized carbons (Fsp3) is 0.533. The second kappa shape index (κ2) is 7.77. The lowest BCUT2D eigenvalue weighted by molar-refractivity contribution is -0.385. The number of nitro benzene ring substituents is 1. The van der Waals surface area contributed by atoms with Crippen molar-refractivity contribution >= 4 is 11.6 Å². The Labute approximate surface area is 134 Å². The Morgan fingerprint density at radius 2 is 2.26 bits per heavy atom. The van der Waals surface area contributed by atoms with E-state index in [1.165, 1.54) is 19.2 Å². The second-order valence-corrected chi connectivity index (χ2v) is 5.21. The van der Waals surface area contributed by atoms with Crippen LogP contribution in [0.25, 0.3) is 0 Å². The van der Waals surface area contributed by atoms with Crippen molar-refractivity contribution in [1.82, 2.24) is 10.6 Å². The number of hydrogen-bond acceptors (Lipinski definition) is 6. The lowest BCUT2D eigenvalue weighted by Gasteiger charge is -2.14. The van der Waals surface area contributed by atoms with Crippen LogP contribution in [0.4, 0.5) is 5.69 Å². The summed E-state index contributed by atoms with van der Waals surface area (Å²) in [6.45, 7) is 3.47. The van der Waals surface area contributed by atoms with Crippen LogP contribution in [0.5, 0.6) is 11.5 Å². The van der Waals surface area contributed by atoms with E-state index in [9.17, 15) is 14.9 Å². The highest BCUT2D eigenvalue weighted by Crippen LogP contribution is 2.34. The number of amides is 1. The molecule has 0 aliphatic carbocycles. The van der Waals surface area contributed by atoms with Crippen LogP contribution < -0.4 is 20.1 Å². The summed E-state index contributed by atoms with van der Waals surface area (Å²) >= 11 is 0. The fourth-order valence-electron chi connectivity index (χ4n) is 2.55. The molecule has 1 aromatic rings. The molecular formula is C15H21N3O5. The molecule has 2 N–H and O–H groups in total. The number of nitrogens with zero attached hydrogens (tertiary/aromatic N) is 1. The first-order valence-corrected chi connectivity index (χ1v) is 7.57. The number of methoxy groups -OCH3 is 1. The summed E-state index contributed by atoms with van der Waals surface area (Å²) in [5, 5.41) is 17.3. The Hall–Kier alpha value is -2.35. The second-order valence-electron chi connectivity index (χ2n) is 5.21. The third-order valence-corrected chi connectivity index (χ3v) is 3.69. The van der Waals surface area contributed by atoms with Gasteiger partial charge in [-0.25, -0.2) is 0 Å². The lowest BCUT2D eigenvalue weighted by atomic mass is 10.1. The molecule has 0 radical (unpaired) electrons. The van der Waals surface area contributed by atoms with Crippen molar-refractivity contribution in [2.24, 2.45) is 0 Å². The molecule has 23 heavy (non-hydrogen) atoms. The standard InChI is InChI=1S/C15H21N3O5/c1-3-23-14-8-12(18(20)21)11(7-13(14)22-2)15(19)17-9-10-5-4-6-16-10/h7-8,10,16H,3-6,9H2,1-2H3,(H,17,19). The first-order chi connectivity index (χ1) is 11.1. The minimum Gasteiger partial charge on any atom is -0.493 e. The van der Waals surface area contributed by atoms with Crippen LogP contribution in [0.2, 0.25) is 0 Å². The third kappa shape index (κ3) is 4.10. The van der Waals surface area contributed by atoms with Crippen LogP contribution in [0.15, 0.2) is 12.1 Å². The summed E-state index contributed by atoms with van der Waals surface area (Å²) < 4.78 is 10.5. The zero-order valence-electron chi connectivity index (χ0n) is 13.3. The van der Waals surface area contributed by atoms with Crippen molar-refractivity contribution in [3.63, 3.8) is 0 Å². The van der Waals surface area contributed by atoms with Gasteiger partial charge in [0, 0.05) is 18.7 Å². The summed E-state index contributed by atoms with van der Waals surface area (Å²) in [5.74, 6) is 0.0454. The van der Waals surface area contributed by atoms with Crippen LogP contribution in [0, 0.1) is 10.1 Å². The van der Waals surface area contributed by atoms with Crippen LogP contribution in [0.1, 0.15) is 30.1 Å². The minimum atomic E-state index is -0.593. The van der Waals surface area contributed by atoms with Crippen molar-refractivity contribution in [2.45, 2.75) is 25.8 Å². The number of nitrogens with one attached hydrogen (secondary N) is 2. The average molecular weight is 323 g/mol. The van der Waals surface area contributed by atoms with Gasteiger partial charge in [0.25, 0.3) is 11.6 Å². The van der Waals surface area contributed by atoms with Gasteiger partial charge in [0.15, 0.2) is 11.5 Å². The van der Waals surface area contributed by atoms with E-state index < -0.39 is 10.8 Å². The fourth-order valence-corrected chi connectivity index (χ4v) is 2.55. The van der Waals surface area contributed by atoms with Crippen LogP contribution >= 0.6 is 0 Å². The summed E-state index contributed by atoms with van der Waals surface area (Å²) in [6, 6.07) is 2.79. The van der Waals surface area contributed by atoms with Crippen molar-refractivity contribution in [3.8, 4) is 11.5 Å². The largest absolute Gasteiger partial charge is 0.493 e. The molecule has 0 aromatic heterocycles. The molecule has 1 unspecified atom stereocenters. The van der Waals surface area contributed by atoms with E-state index in [4.69, 9.17) is 9.47 Å². The first-order valence-electron chi connectivity index (χ1n) is 7.57. The van der Waals surface area contributed by atoms with Crippen LogP contribution in [-0.4, -0.2) is 43.7 Å². The highest BCUT2D eigenvalue weighted by atomic mass is 16.6. The van der Waals surface area contributed by atoms with Gasteiger partial charge in [0.2, 0.25) is 0 Å². The Morgan fingerprint density at radius 1 is 1.48 bits per heavy atom. The smallest absolute Gasteiger partial charge is 0.286 e. The predicted molar refractivity (Wildman–Crippen MR) is 84.2 cm³/mol. The Bertz CT molecular complexity index is 585. The Morgan fingerprint density at radius 3 is 2.83 bits per heavy atom. The molecule has 1 saturated heterocycles. The van der Waals surface area contributed by atoms with Gasteiger partial charge >= 0.3 is 0 Å². The molecule has 8 nitrogen and oxygen atoms in total. The van der Waals surface area contributed by atoms with Gasteiger partial charge in [-0.15, -0.1) is 0 Å². The molecule has 1 aromatic carbocycles. The van der Waals surface area contributed by atoms with Crippen molar-refractivity contribution in [2.75, 3.05) is 26.8 Å². The molecule has 1 atom stereocenters. The van der Waals surface area contributed by atoms with Gasteiger partial charge in [-0.05, 0) is 26.3 Å². The van der Waals surface area contributed by atoms with Gasteiger partial charge in [-0.2, -0.15) is 0 Å².